The molecular weight excluding hydrogens is 350 g/mol. The SMILES string of the molecule is CCCCN(C)C(=O)c1ccccc1S(=O)(=O)NCCCNC.Cl. The quantitative estimate of drug-likeness (QED) is 0.610. The highest BCUT2D eigenvalue weighted by Crippen LogP contribution is 2.17. The number of nitrogens with zero attached hydrogens (tertiary/aromatic N) is 1. The van der Waals surface area contributed by atoms with Gasteiger partial charge in [-0.25, -0.2) is 13.1 Å². The van der Waals surface area contributed by atoms with Crippen molar-refractivity contribution in [1.82, 2.24) is 14.9 Å². The maximum Gasteiger partial charge on any atom is 0.254 e. The standard InChI is InChI=1S/C16H27N3O3S.ClH/c1-4-5-13-19(3)16(20)14-9-6-7-10-15(14)23(21,22)18-12-8-11-17-2;/h6-7,9-10,17-18H,4-5,8,11-13H2,1-3H3;1H. The highest BCUT2D eigenvalue weighted by molar-refractivity contribution is 7.89. The number of amides is 1. The first-order chi connectivity index (χ1) is 10.9. The Morgan fingerprint density at radius 2 is 1.83 bits per heavy atom. The number of nitrogens with one attached hydrogen (secondary N) is 2. The van der Waals surface area contributed by atoms with Crippen LogP contribution < -0.4 is 10.0 Å². The van der Waals surface area contributed by atoms with Crippen molar-refractivity contribution in [1.29, 1.82) is 0 Å². The molecule has 0 aliphatic carbocycles. The first-order valence-corrected chi connectivity index (χ1v) is 9.41. The van der Waals surface area contributed by atoms with Crippen LogP contribution in [0, 0.1) is 0 Å². The predicted octanol–water partition coefficient (Wildman–Crippen LogP) is 1.87. The van der Waals surface area contributed by atoms with Crippen molar-refractivity contribution in [3.8, 4) is 0 Å². The maximum absolute atomic E-state index is 12.5. The molecule has 1 amide bonds. The molecule has 0 saturated carbocycles. The lowest BCUT2D eigenvalue weighted by Crippen LogP contribution is -2.32. The summed E-state index contributed by atoms with van der Waals surface area (Å²) in [4.78, 5) is 14.1. The summed E-state index contributed by atoms with van der Waals surface area (Å²) >= 11 is 0. The van der Waals surface area contributed by atoms with E-state index in [1.54, 1.807) is 30.1 Å². The van der Waals surface area contributed by atoms with Crippen molar-refractivity contribution in [3.63, 3.8) is 0 Å². The number of halogens is 1. The summed E-state index contributed by atoms with van der Waals surface area (Å²) in [6.07, 6.45) is 2.55. The lowest BCUT2D eigenvalue weighted by Gasteiger charge is -2.19. The fraction of sp³-hybridized carbons (Fsp3) is 0.562. The van der Waals surface area contributed by atoms with Crippen LogP contribution in [0.1, 0.15) is 36.5 Å². The van der Waals surface area contributed by atoms with Crippen molar-refractivity contribution in [2.24, 2.45) is 0 Å². The van der Waals surface area contributed by atoms with E-state index in [2.05, 4.69) is 10.0 Å². The lowest BCUT2D eigenvalue weighted by atomic mass is 10.2. The van der Waals surface area contributed by atoms with Crippen LogP contribution >= 0.6 is 12.4 Å². The number of benzene rings is 1. The fourth-order valence-corrected chi connectivity index (χ4v) is 3.40. The molecule has 0 spiro atoms. The van der Waals surface area contributed by atoms with Crippen LogP contribution in [0.3, 0.4) is 0 Å². The molecule has 0 saturated heterocycles. The minimum atomic E-state index is -3.70. The second-order valence-corrected chi connectivity index (χ2v) is 7.17. The summed E-state index contributed by atoms with van der Waals surface area (Å²) in [7, 11) is -0.185. The van der Waals surface area contributed by atoms with Gasteiger partial charge < -0.3 is 10.2 Å². The summed E-state index contributed by atoms with van der Waals surface area (Å²) in [5.74, 6) is -0.269. The molecular formula is C16H28ClN3O3S. The molecule has 0 unspecified atom stereocenters. The summed E-state index contributed by atoms with van der Waals surface area (Å²) in [5, 5.41) is 2.96. The van der Waals surface area contributed by atoms with E-state index >= 15 is 0 Å². The number of carbonyl (C=O) groups excluding carboxylic acids is 1. The number of sulfonamides is 1. The Labute approximate surface area is 151 Å². The molecule has 0 radical (unpaired) electrons. The van der Waals surface area contributed by atoms with Gasteiger partial charge in [-0.15, -0.1) is 12.4 Å². The van der Waals surface area contributed by atoms with Crippen molar-refractivity contribution in [2.45, 2.75) is 31.1 Å². The zero-order chi connectivity index (χ0) is 17.3. The van der Waals surface area contributed by atoms with E-state index in [-0.39, 0.29) is 28.8 Å². The Morgan fingerprint density at radius 3 is 2.46 bits per heavy atom. The highest BCUT2D eigenvalue weighted by atomic mass is 35.5. The number of hydrogen-bond acceptors (Lipinski definition) is 4. The van der Waals surface area contributed by atoms with Crippen LogP contribution in [0.5, 0.6) is 0 Å². The highest BCUT2D eigenvalue weighted by Gasteiger charge is 2.23. The third kappa shape index (κ3) is 6.76. The van der Waals surface area contributed by atoms with E-state index in [4.69, 9.17) is 0 Å². The largest absolute Gasteiger partial charge is 0.342 e. The zero-order valence-corrected chi connectivity index (χ0v) is 16.2. The monoisotopic (exact) mass is 377 g/mol. The summed E-state index contributed by atoms with van der Waals surface area (Å²) in [6.45, 7) is 3.71. The van der Waals surface area contributed by atoms with E-state index in [1.807, 2.05) is 14.0 Å². The number of unbranched alkanes of at least 4 members (excludes halogenated alkanes) is 1. The van der Waals surface area contributed by atoms with Crippen LogP contribution in [0.2, 0.25) is 0 Å². The molecule has 1 rings (SSSR count). The topological polar surface area (TPSA) is 78.5 Å². The maximum atomic E-state index is 12.5. The van der Waals surface area contributed by atoms with E-state index < -0.39 is 10.0 Å². The second kappa shape index (κ2) is 11.4. The van der Waals surface area contributed by atoms with Gasteiger partial charge in [0.1, 0.15) is 0 Å². The Bertz CT molecular complexity index is 608. The van der Waals surface area contributed by atoms with Gasteiger partial charge in [0.05, 0.1) is 10.5 Å². The van der Waals surface area contributed by atoms with Crippen LogP contribution in [-0.4, -0.2) is 53.0 Å². The smallest absolute Gasteiger partial charge is 0.254 e. The first-order valence-electron chi connectivity index (χ1n) is 7.92. The Balaban J connectivity index is 0.00000529. The van der Waals surface area contributed by atoms with Gasteiger partial charge in [0.2, 0.25) is 10.0 Å². The predicted molar refractivity (Wildman–Crippen MR) is 99.3 cm³/mol. The third-order valence-electron chi connectivity index (χ3n) is 3.50. The van der Waals surface area contributed by atoms with Gasteiger partial charge in [0.15, 0.2) is 0 Å². The van der Waals surface area contributed by atoms with Gasteiger partial charge in [-0.3, -0.25) is 4.79 Å². The summed E-state index contributed by atoms with van der Waals surface area (Å²) in [5.41, 5.74) is 0.215. The first kappa shape index (κ1) is 22.9. The second-order valence-electron chi connectivity index (χ2n) is 5.43. The van der Waals surface area contributed by atoms with Gasteiger partial charge in [-0.1, -0.05) is 25.5 Å². The van der Waals surface area contributed by atoms with Gasteiger partial charge >= 0.3 is 0 Å². The molecule has 2 N–H and O–H groups in total. The third-order valence-corrected chi connectivity index (χ3v) is 5.02. The molecule has 0 aliphatic heterocycles. The molecule has 0 fully saturated rings. The molecule has 6 nitrogen and oxygen atoms in total. The molecule has 1 aromatic carbocycles. The normalized spacial score (nSPS) is 11.0. The Morgan fingerprint density at radius 1 is 1.17 bits per heavy atom. The van der Waals surface area contributed by atoms with Crippen molar-refractivity contribution in [3.05, 3.63) is 29.8 Å². The molecule has 138 valence electrons. The molecule has 8 heteroatoms. The molecule has 0 bridgehead atoms. The van der Waals surface area contributed by atoms with Crippen LogP contribution in [0.15, 0.2) is 29.2 Å². The summed E-state index contributed by atoms with van der Waals surface area (Å²) < 4.78 is 27.5. The molecule has 1 aromatic rings. The average molecular weight is 378 g/mol. The van der Waals surface area contributed by atoms with Crippen molar-refractivity contribution >= 4 is 28.3 Å². The van der Waals surface area contributed by atoms with Crippen LogP contribution in [0.25, 0.3) is 0 Å². The van der Waals surface area contributed by atoms with Crippen LogP contribution in [-0.2, 0) is 10.0 Å². The lowest BCUT2D eigenvalue weighted by molar-refractivity contribution is 0.0789. The van der Waals surface area contributed by atoms with Crippen molar-refractivity contribution in [2.75, 3.05) is 33.7 Å². The Hall–Kier alpha value is -1.15. The number of hydrogen-bond donors (Lipinski definition) is 2. The van der Waals surface area contributed by atoms with Gasteiger partial charge in [-0.05, 0) is 38.6 Å². The van der Waals surface area contributed by atoms with Gasteiger partial charge in [0.25, 0.3) is 5.91 Å². The number of carbonyl (C=O) groups is 1. The van der Waals surface area contributed by atoms with E-state index in [0.29, 0.717) is 19.5 Å². The van der Waals surface area contributed by atoms with E-state index in [1.165, 1.54) is 6.07 Å². The number of rotatable bonds is 10. The van der Waals surface area contributed by atoms with E-state index in [9.17, 15) is 13.2 Å². The average Bonchev–Trinajstić information content (AvgIpc) is 2.56. The Kier molecular flexibility index (Phi) is 10.9. The van der Waals surface area contributed by atoms with Gasteiger partial charge in [-0.2, -0.15) is 0 Å². The zero-order valence-electron chi connectivity index (χ0n) is 14.5. The summed E-state index contributed by atoms with van der Waals surface area (Å²) in [6, 6.07) is 6.35. The van der Waals surface area contributed by atoms with Crippen molar-refractivity contribution < 1.29 is 13.2 Å². The van der Waals surface area contributed by atoms with Gasteiger partial charge in [0, 0.05) is 20.1 Å². The minimum Gasteiger partial charge on any atom is -0.342 e. The fourth-order valence-electron chi connectivity index (χ4n) is 2.13. The molecule has 0 aromatic heterocycles. The van der Waals surface area contributed by atoms with E-state index in [0.717, 1.165) is 19.4 Å². The molecule has 24 heavy (non-hydrogen) atoms. The molecule has 0 aliphatic rings. The van der Waals surface area contributed by atoms with Crippen LogP contribution in [0.4, 0.5) is 0 Å². The molecule has 0 atom stereocenters. The molecule has 0 heterocycles. The minimum absolute atomic E-state index is 0.